The number of ether oxygens (including phenoxy) is 1. The molecule has 3 heterocycles. The first-order chi connectivity index (χ1) is 29.3. The maximum absolute atomic E-state index is 7.16. The maximum atomic E-state index is 7.16. The van der Waals surface area contributed by atoms with Crippen LogP contribution >= 0.6 is 0 Å². The number of para-hydroxylation sites is 3. The Hall–Kier alpha value is -7.34. The Morgan fingerprint density at radius 1 is 0.407 bits per heavy atom. The second-order valence-electron chi connectivity index (χ2n) is 15.5. The molecule has 0 spiro atoms. The van der Waals surface area contributed by atoms with Gasteiger partial charge in [-0.15, -0.1) is 0 Å². The molecule has 276 valence electrons. The van der Waals surface area contributed by atoms with E-state index in [1.165, 1.54) is 37.1 Å². The van der Waals surface area contributed by atoms with E-state index in [-0.39, 0.29) is 6.92 Å². The molecule has 10 aromatic rings. The average molecular weight is 770 g/mol. The van der Waals surface area contributed by atoms with Gasteiger partial charge in [-0.3, -0.25) is 0 Å². The lowest BCUT2D eigenvalue weighted by molar-refractivity contribution is 0.479. The van der Waals surface area contributed by atoms with E-state index < -0.39 is 8.07 Å². The Morgan fingerprint density at radius 3 is 1.59 bits per heavy atom. The van der Waals surface area contributed by atoms with Gasteiger partial charge in [-0.2, -0.15) is 0 Å². The van der Waals surface area contributed by atoms with Gasteiger partial charge in [0.1, 0.15) is 17.2 Å². The van der Waals surface area contributed by atoms with Crippen molar-refractivity contribution in [1.82, 2.24) is 4.57 Å². The zero-order chi connectivity index (χ0) is 38.9. The Balaban J connectivity index is 1.07. The first-order valence-corrected chi connectivity index (χ1v) is 22.3. The van der Waals surface area contributed by atoms with Crippen LogP contribution in [0.15, 0.2) is 218 Å². The highest BCUT2D eigenvalue weighted by Gasteiger charge is 2.44. The maximum Gasteiger partial charge on any atom is 0.434 e. The first kappa shape index (κ1) is 33.8. The van der Waals surface area contributed by atoms with Gasteiger partial charge in [0.2, 0.25) is 0 Å². The Labute approximate surface area is 344 Å². The standard InChI is InChI=1S/C54H36BNO2Si/c1-4-18-39(19-5-1)59(40-20-6-2-7-21-40,41-22-8-3-9-23-41)53-31-17-13-24-42(53)37-32-33-47-51(34-37)57-52-36-38(35-46-45-27-12-16-30-50(45)58-55(47)54(46)52)56-48-28-14-10-25-43(48)44-26-11-15-29-49(44)56/h1-36H. The van der Waals surface area contributed by atoms with Crippen molar-refractivity contribution in [3.05, 3.63) is 218 Å². The Morgan fingerprint density at radius 2 is 0.949 bits per heavy atom. The minimum atomic E-state index is -2.83. The van der Waals surface area contributed by atoms with Crippen molar-refractivity contribution in [2.75, 3.05) is 0 Å². The molecule has 0 fully saturated rings. The van der Waals surface area contributed by atoms with Crippen molar-refractivity contribution < 1.29 is 9.39 Å². The van der Waals surface area contributed by atoms with E-state index in [1.807, 2.05) is 0 Å². The summed E-state index contributed by atoms with van der Waals surface area (Å²) in [5.74, 6) is 2.51. The lowest BCUT2D eigenvalue weighted by atomic mass is 9.50. The van der Waals surface area contributed by atoms with E-state index in [4.69, 9.17) is 9.39 Å². The van der Waals surface area contributed by atoms with Crippen LogP contribution in [0.5, 0.6) is 17.2 Å². The summed E-state index contributed by atoms with van der Waals surface area (Å²) in [5.41, 5.74) is 9.99. The second-order valence-corrected chi connectivity index (χ2v) is 19.3. The molecule has 0 unspecified atom stereocenters. The predicted octanol–water partition coefficient (Wildman–Crippen LogP) is 9.10. The molecule has 0 atom stereocenters. The zero-order valence-corrected chi connectivity index (χ0v) is 33.1. The fraction of sp³-hybridized carbons (Fsp3) is 0. The fourth-order valence-electron chi connectivity index (χ4n) is 9.93. The molecule has 0 aliphatic carbocycles. The van der Waals surface area contributed by atoms with Gasteiger partial charge in [-0.25, -0.2) is 0 Å². The topological polar surface area (TPSA) is 23.4 Å². The molecule has 0 amide bonds. The molecule has 3 nitrogen and oxygen atoms in total. The molecule has 12 rings (SSSR count). The van der Waals surface area contributed by atoms with Crippen molar-refractivity contribution in [1.29, 1.82) is 0 Å². The lowest BCUT2D eigenvalue weighted by Crippen LogP contribution is -2.75. The highest BCUT2D eigenvalue weighted by Crippen LogP contribution is 2.42. The monoisotopic (exact) mass is 769 g/mol. The molecule has 2 aliphatic rings. The first-order valence-electron chi connectivity index (χ1n) is 20.3. The number of hydrogen-bond donors (Lipinski definition) is 0. The van der Waals surface area contributed by atoms with Gasteiger partial charge in [-0.05, 0) is 67.8 Å². The van der Waals surface area contributed by atoms with Crippen LogP contribution < -0.4 is 41.1 Å². The molecular weight excluding hydrogens is 733 g/mol. The third kappa shape index (κ3) is 5.08. The number of fused-ring (bicyclic) bond motifs is 7. The number of nitrogens with zero attached hydrogens (tertiary/aromatic N) is 1. The molecule has 5 heteroatoms. The highest BCUT2D eigenvalue weighted by atomic mass is 28.3. The summed E-state index contributed by atoms with van der Waals surface area (Å²) >= 11 is 0. The minimum Gasteiger partial charge on any atom is -0.551 e. The Kier molecular flexibility index (Phi) is 7.65. The molecule has 9 aromatic carbocycles. The third-order valence-electron chi connectivity index (χ3n) is 12.4. The average Bonchev–Trinajstić information content (AvgIpc) is 3.65. The summed E-state index contributed by atoms with van der Waals surface area (Å²) in [6, 6.07) is 79.4. The van der Waals surface area contributed by atoms with Crippen LogP contribution in [0.25, 0.3) is 49.7 Å². The van der Waals surface area contributed by atoms with Crippen molar-refractivity contribution in [3.63, 3.8) is 0 Å². The number of rotatable bonds is 6. The largest absolute Gasteiger partial charge is 0.551 e. The minimum absolute atomic E-state index is 0.318. The third-order valence-corrected chi connectivity index (χ3v) is 17.3. The fourth-order valence-corrected chi connectivity index (χ4v) is 14.9. The summed E-state index contributed by atoms with van der Waals surface area (Å²) in [6.45, 7) is -0.318. The van der Waals surface area contributed by atoms with Crippen LogP contribution in [0.1, 0.15) is 0 Å². The van der Waals surface area contributed by atoms with Gasteiger partial charge in [-0.1, -0.05) is 182 Å². The molecular formula is C54H36BNO2Si. The quantitative estimate of drug-likeness (QED) is 0.125. The molecule has 2 aliphatic heterocycles. The summed E-state index contributed by atoms with van der Waals surface area (Å²) in [4.78, 5) is 0. The second kappa shape index (κ2) is 13.4. The van der Waals surface area contributed by atoms with E-state index in [2.05, 4.69) is 223 Å². The summed E-state index contributed by atoms with van der Waals surface area (Å²) in [5, 5.41) is 7.81. The van der Waals surface area contributed by atoms with E-state index in [1.54, 1.807) is 0 Å². The summed E-state index contributed by atoms with van der Waals surface area (Å²) < 4.78 is 16.5. The van der Waals surface area contributed by atoms with Crippen molar-refractivity contribution in [2.24, 2.45) is 0 Å². The van der Waals surface area contributed by atoms with Crippen molar-refractivity contribution >= 4 is 68.5 Å². The summed E-state index contributed by atoms with van der Waals surface area (Å²) in [7, 11) is -2.83. The number of benzene rings is 9. The number of aromatic nitrogens is 1. The summed E-state index contributed by atoms with van der Waals surface area (Å²) in [6.07, 6.45) is 0. The molecule has 0 saturated carbocycles. The molecule has 59 heavy (non-hydrogen) atoms. The van der Waals surface area contributed by atoms with Crippen LogP contribution in [-0.4, -0.2) is 19.6 Å². The normalized spacial score (nSPS) is 12.6. The van der Waals surface area contributed by atoms with Crippen LogP contribution in [0.4, 0.5) is 0 Å². The molecule has 0 N–H and O–H groups in total. The van der Waals surface area contributed by atoms with Crippen molar-refractivity contribution in [3.8, 4) is 45.2 Å². The van der Waals surface area contributed by atoms with Crippen LogP contribution in [0, 0.1) is 0 Å². The smallest absolute Gasteiger partial charge is 0.434 e. The predicted molar refractivity (Wildman–Crippen MR) is 247 cm³/mol. The van der Waals surface area contributed by atoms with Crippen LogP contribution in [0.2, 0.25) is 0 Å². The van der Waals surface area contributed by atoms with E-state index in [0.717, 1.165) is 61.6 Å². The molecule has 1 aromatic heterocycles. The van der Waals surface area contributed by atoms with Gasteiger partial charge in [0.25, 0.3) is 0 Å². The van der Waals surface area contributed by atoms with Gasteiger partial charge >= 0.3 is 6.92 Å². The van der Waals surface area contributed by atoms with E-state index in [0.29, 0.717) is 0 Å². The van der Waals surface area contributed by atoms with Gasteiger partial charge in [0, 0.05) is 33.3 Å². The van der Waals surface area contributed by atoms with Crippen molar-refractivity contribution in [2.45, 2.75) is 0 Å². The zero-order valence-electron chi connectivity index (χ0n) is 32.1. The van der Waals surface area contributed by atoms with Gasteiger partial charge in [0.15, 0.2) is 8.07 Å². The number of hydrogen-bond acceptors (Lipinski definition) is 2. The van der Waals surface area contributed by atoms with E-state index in [9.17, 15) is 0 Å². The molecule has 0 saturated heterocycles. The Bertz CT molecular complexity index is 3090. The van der Waals surface area contributed by atoms with E-state index >= 15 is 0 Å². The van der Waals surface area contributed by atoms with Crippen LogP contribution in [0.3, 0.4) is 0 Å². The molecule has 0 bridgehead atoms. The van der Waals surface area contributed by atoms with Crippen LogP contribution in [-0.2, 0) is 0 Å². The lowest BCUT2D eigenvalue weighted by Gasteiger charge is -2.36. The van der Waals surface area contributed by atoms with Gasteiger partial charge in [0.05, 0.1) is 16.7 Å². The SMILES string of the molecule is c1ccc([Si](c2ccccc2)(c2ccccc2)c2ccccc2-c2ccc3c(c2)Oc2cc(-n4c5ccccc5c5ccccc54)cc4c2B3Oc2ccccc2-4)cc1. The van der Waals surface area contributed by atoms with Gasteiger partial charge < -0.3 is 14.0 Å². The highest BCUT2D eigenvalue weighted by molar-refractivity contribution is 7.20. The molecule has 0 radical (unpaired) electrons.